The SMILES string of the molecule is CC[C@H](N)c1nc(CC(C)OC)no1. The molecule has 2 atom stereocenters. The van der Waals surface area contributed by atoms with Crippen LogP contribution >= 0.6 is 0 Å². The van der Waals surface area contributed by atoms with Crippen molar-refractivity contribution in [1.29, 1.82) is 0 Å². The third-order valence-electron chi connectivity index (χ3n) is 2.11. The zero-order chi connectivity index (χ0) is 10.6. The Labute approximate surface area is 83.6 Å². The Morgan fingerprint density at radius 3 is 2.86 bits per heavy atom. The van der Waals surface area contributed by atoms with Crippen LogP contribution in [0.5, 0.6) is 0 Å². The summed E-state index contributed by atoms with van der Waals surface area (Å²) in [6, 6.07) is -0.158. The first-order chi connectivity index (χ1) is 6.67. The number of nitrogens with zero attached hydrogens (tertiary/aromatic N) is 2. The van der Waals surface area contributed by atoms with Crippen LogP contribution in [0, 0.1) is 0 Å². The van der Waals surface area contributed by atoms with E-state index in [4.69, 9.17) is 15.0 Å². The van der Waals surface area contributed by atoms with E-state index < -0.39 is 0 Å². The van der Waals surface area contributed by atoms with Crippen molar-refractivity contribution in [3.8, 4) is 0 Å². The highest BCUT2D eigenvalue weighted by Gasteiger charge is 2.14. The van der Waals surface area contributed by atoms with Crippen molar-refractivity contribution < 1.29 is 9.26 Å². The molecule has 0 saturated heterocycles. The summed E-state index contributed by atoms with van der Waals surface area (Å²) in [6.45, 7) is 3.93. The first kappa shape index (κ1) is 11.1. The van der Waals surface area contributed by atoms with E-state index in [1.807, 2.05) is 13.8 Å². The molecule has 1 aromatic heterocycles. The van der Waals surface area contributed by atoms with Crippen molar-refractivity contribution in [2.75, 3.05) is 7.11 Å². The van der Waals surface area contributed by atoms with E-state index in [0.29, 0.717) is 18.1 Å². The van der Waals surface area contributed by atoms with Crippen LogP contribution in [0.2, 0.25) is 0 Å². The third kappa shape index (κ3) is 2.78. The van der Waals surface area contributed by atoms with Gasteiger partial charge in [-0.2, -0.15) is 4.98 Å². The van der Waals surface area contributed by atoms with Crippen LogP contribution in [-0.4, -0.2) is 23.4 Å². The molecule has 0 fully saturated rings. The molecule has 0 aromatic carbocycles. The van der Waals surface area contributed by atoms with Crippen LogP contribution in [0.4, 0.5) is 0 Å². The zero-order valence-electron chi connectivity index (χ0n) is 8.86. The smallest absolute Gasteiger partial charge is 0.243 e. The Hall–Kier alpha value is -0.940. The summed E-state index contributed by atoms with van der Waals surface area (Å²) in [5, 5.41) is 3.83. The molecular weight excluding hydrogens is 182 g/mol. The van der Waals surface area contributed by atoms with E-state index in [1.165, 1.54) is 0 Å². The molecule has 0 amide bonds. The molecule has 1 unspecified atom stereocenters. The average Bonchev–Trinajstić information content (AvgIpc) is 2.65. The zero-order valence-corrected chi connectivity index (χ0v) is 8.86. The van der Waals surface area contributed by atoms with Crippen LogP contribution in [0.15, 0.2) is 4.52 Å². The van der Waals surface area contributed by atoms with Gasteiger partial charge in [0.2, 0.25) is 5.89 Å². The van der Waals surface area contributed by atoms with Crippen molar-refractivity contribution in [2.45, 2.75) is 38.8 Å². The van der Waals surface area contributed by atoms with Crippen molar-refractivity contribution in [1.82, 2.24) is 10.1 Å². The molecule has 0 aliphatic carbocycles. The van der Waals surface area contributed by atoms with Crippen molar-refractivity contribution >= 4 is 0 Å². The maximum Gasteiger partial charge on any atom is 0.243 e. The second-order valence-corrected chi connectivity index (χ2v) is 3.31. The normalized spacial score (nSPS) is 15.4. The molecular formula is C9H17N3O2. The first-order valence-electron chi connectivity index (χ1n) is 4.78. The van der Waals surface area contributed by atoms with Crippen LogP contribution < -0.4 is 5.73 Å². The minimum Gasteiger partial charge on any atom is -0.381 e. The van der Waals surface area contributed by atoms with Crippen LogP contribution in [-0.2, 0) is 11.2 Å². The molecule has 14 heavy (non-hydrogen) atoms. The fourth-order valence-corrected chi connectivity index (χ4v) is 1.02. The predicted molar refractivity (Wildman–Crippen MR) is 51.7 cm³/mol. The van der Waals surface area contributed by atoms with Gasteiger partial charge >= 0.3 is 0 Å². The minimum atomic E-state index is -0.158. The van der Waals surface area contributed by atoms with Crippen LogP contribution in [0.3, 0.4) is 0 Å². The number of nitrogens with two attached hydrogens (primary N) is 1. The fourth-order valence-electron chi connectivity index (χ4n) is 1.02. The monoisotopic (exact) mass is 199 g/mol. The average molecular weight is 199 g/mol. The van der Waals surface area contributed by atoms with Crippen molar-refractivity contribution in [3.63, 3.8) is 0 Å². The standard InChI is InChI=1S/C9H17N3O2/c1-4-7(10)9-11-8(12-14-9)5-6(2)13-3/h6-7H,4-5,10H2,1-3H3/t6?,7-/m0/s1. The summed E-state index contributed by atoms with van der Waals surface area (Å²) in [6.07, 6.45) is 1.54. The Morgan fingerprint density at radius 1 is 1.57 bits per heavy atom. The summed E-state index contributed by atoms with van der Waals surface area (Å²) < 4.78 is 10.1. The first-order valence-corrected chi connectivity index (χ1v) is 4.78. The maximum absolute atomic E-state index is 5.74. The number of methoxy groups -OCH3 is 1. The lowest BCUT2D eigenvalue weighted by Gasteiger charge is -2.04. The second-order valence-electron chi connectivity index (χ2n) is 3.31. The Kier molecular flexibility index (Phi) is 4.03. The maximum atomic E-state index is 5.74. The van der Waals surface area contributed by atoms with Crippen LogP contribution in [0.1, 0.15) is 38.0 Å². The molecule has 5 nitrogen and oxygen atoms in total. The quantitative estimate of drug-likeness (QED) is 0.767. The van der Waals surface area contributed by atoms with E-state index in [2.05, 4.69) is 10.1 Å². The van der Waals surface area contributed by atoms with Gasteiger partial charge in [-0.1, -0.05) is 12.1 Å². The van der Waals surface area contributed by atoms with Gasteiger partial charge in [0.25, 0.3) is 0 Å². The highest BCUT2D eigenvalue weighted by atomic mass is 16.5. The third-order valence-corrected chi connectivity index (χ3v) is 2.11. The molecule has 0 spiro atoms. The Balaban J connectivity index is 2.59. The van der Waals surface area contributed by atoms with E-state index in [1.54, 1.807) is 7.11 Å². The second kappa shape index (κ2) is 5.07. The number of aromatic nitrogens is 2. The number of rotatable bonds is 5. The van der Waals surface area contributed by atoms with Gasteiger partial charge in [-0.3, -0.25) is 0 Å². The largest absolute Gasteiger partial charge is 0.381 e. The molecule has 0 aliphatic heterocycles. The van der Waals surface area contributed by atoms with Gasteiger partial charge in [-0.25, -0.2) is 0 Å². The summed E-state index contributed by atoms with van der Waals surface area (Å²) in [5.74, 6) is 1.16. The highest BCUT2D eigenvalue weighted by molar-refractivity contribution is 4.92. The van der Waals surface area contributed by atoms with E-state index >= 15 is 0 Å². The molecule has 0 bridgehead atoms. The van der Waals surface area contributed by atoms with Gasteiger partial charge in [0, 0.05) is 13.5 Å². The summed E-state index contributed by atoms with van der Waals surface area (Å²) in [7, 11) is 1.66. The number of ether oxygens (including phenoxy) is 1. The lowest BCUT2D eigenvalue weighted by Crippen LogP contribution is -2.11. The van der Waals surface area contributed by atoms with Gasteiger partial charge in [0.05, 0.1) is 12.1 Å². The number of hydrogen-bond acceptors (Lipinski definition) is 5. The van der Waals surface area contributed by atoms with Crippen molar-refractivity contribution in [2.24, 2.45) is 5.73 Å². The highest BCUT2D eigenvalue weighted by Crippen LogP contribution is 2.11. The van der Waals surface area contributed by atoms with Gasteiger partial charge in [-0.05, 0) is 13.3 Å². The number of hydrogen-bond donors (Lipinski definition) is 1. The lowest BCUT2D eigenvalue weighted by molar-refractivity contribution is 0.116. The van der Waals surface area contributed by atoms with E-state index in [9.17, 15) is 0 Å². The van der Waals surface area contributed by atoms with Gasteiger partial charge in [0.15, 0.2) is 5.82 Å². The van der Waals surface area contributed by atoms with E-state index in [0.717, 1.165) is 6.42 Å². The molecule has 2 N–H and O–H groups in total. The van der Waals surface area contributed by atoms with Gasteiger partial charge in [-0.15, -0.1) is 0 Å². The van der Waals surface area contributed by atoms with Crippen LogP contribution in [0.25, 0.3) is 0 Å². The molecule has 1 aromatic rings. The molecule has 80 valence electrons. The van der Waals surface area contributed by atoms with Crippen molar-refractivity contribution in [3.05, 3.63) is 11.7 Å². The topological polar surface area (TPSA) is 74.2 Å². The summed E-state index contributed by atoms with van der Waals surface area (Å²) in [4.78, 5) is 4.19. The molecule has 1 heterocycles. The Morgan fingerprint density at radius 2 is 2.29 bits per heavy atom. The van der Waals surface area contributed by atoms with Gasteiger partial charge in [0.1, 0.15) is 0 Å². The van der Waals surface area contributed by atoms with Gasteiger partial charge < -0.3 is 15.0 Å². The fraction of sp³-hybridized carbons (Fsp3) is 0.778. The van der Waals surface area contributed by atoms with E-state index in [-0.39, 0.29) is 12.1 Å². The molecule has 0 aliphatic rings. The molecule has 0 saturated carbocycles. The lowest BCUT2D eigenvalue weighted by atomic mass is 10.2. The molecule has 5 heteroatoms. The summed E-state index contributed by atoms with van der Waals surface area (Å²) >= 11 is 0. The minimum absolute atomic E-state index is 0.0956. The Bertz CT molecular complexity index is 275. The molecule has 1 rings (SSSR count). The molecule has 0 radical (unpaired) electrons. The predicted octanol–water partition coefficient (Wildman–Crippen LogP) is 1.06. The summed E-state index contributed by atoms with van der Waals surface area (Å²) in [5.41, 5.74) is 5.74.